The standard InChI is InChI=1S/C31H33NO4/c1-4-7-9-29(33)22-13-17-27-25(19-22)26-20-23(14-18-28(26)32(27)6-3)31(35)21-11-15-24(16-12-21)36-30(34)10-8-5-2/h11-20H,4-10H2,1-3H3. The zero-order chi connectivity index (χ0) is 25.7. The molecule has 5 nitrogen and oxygen atoms in total. The van der Waals surface area contributed by atoms with Crippen molar-refractivity contribution in [2.24, 2.45) is 0 Å². The molecule has 0 spiro atoms. The van der Waals surface area contributed by atoms with Crippen molar-refractivity contribution < 1.29 is 19.1 Å². The second-order valence-corrected chi connectivity index (χ2v) is 9.17. The highest BCUT2D eigenvalue weighted by atomic mass is 16.5. The van der Waals surface area contributed by atoms with E-state index in [0.29, 0.717) is 35.3 Å². The Labute approximate surface area is 212 Å². The quantitative estimate of drug-likeness (QED) is 0.126. The molecule has 0 bridgehead atoms. The number of aryl methyl sites for hydroxylation is 1. The highest BCUT2D eigenvalue weighted by Gasteiger charge is 2.16. The molecule has 4 aromatic rings. The van der Waals surface area contributed by atoms with E-state index >= 15 is 0 Å². The van der Waals surface area contributed by atoms with Crippen LogP contribution in [0.2, 0.25) is 0 Å². The summed E-state index contributed by atoms with van der Waals surface area (Å²) in [6.07, 6.45) is 4.51. The van der Waals surface area contributed by atoms with Crippen molar-refractivity contribution >= 4 is 39.3 Å². The summed E-state index contributed by atoms with van der Waals surface area (Å²) in [5.74, 6) is 0.225. The fourth-order valence-electron chi connectivity index (χ4n) is 4.59. The minimum atomic E-state index is -0.263. The molecule has 0 saturated heterocycles. The van der Waals surface area contributed by atoms with E-state index in [0.717, 1.165) is 54.0 Å². The number of ether oxygens (including phenoxy) is 1. The summed E-state index contributed by atoms with van der Waals surface area (Å²) < 4.78 is 7.56. The molecule has 1 heterocycles. The number of carbonyl (C=O) groups excluding carboxylic acids is 3. The van der Waals surface area contributed by atoms with Crippen molar-refractivity contribution in [3.63, 3.8) is 0 Å². The van der Waals surface area contributed by atoms with Gasteiger partial charge in [-0.25, -0.2) is 0 Å². The molecule has 36 heavy (non-hydrogen) atoms. The maximum atomic E-state index is 13.3. The molecule has 0 aliphatic carbocycles. The summed E-state index contributed by atoms with van der Waals surface area (Å²) >= 11 is 0. The number of aromatic nitrogens is 1. The van der Waals surface area contributed by atoms with Crippen molar-refractivity contribution in [2.45, 2.75) is 65.8 Å². The first-order valence-corrected chi connectivity index (χ1v) is 12.9. The van der Waals surface area contributed by atoms with Crippen LogP contribution in [0.25, 0.3) is 21.8 Å². The number of unbranched alkanes of at least 4 members (excludes halogenated alkanes) is 2. The Morgan fingerprint density at radius 1 is 0.694 bits per heavy atom. The lowest BCUT2D eigenvalue weighted by molar-refractivity contribution is -0.134. The second-order valence-electron chi connectivity index (χ2n) is 9.17. The number of hydrogen-bond donors (Lipinski definition) is 0. The number of Topliss-reactive ketones (excluding diaryl/α,β-unsaturated/α-hetero) is 1. The number of fused-ring (bicyclic) bond motifs is 3. The first-order valence-electron chi connectivity index (χ1n) is 12.9. The molecule has 0 aliphatic heterocycles. The lowest BCUT2D eigenvalue weighted by Gasteiger charge is -2.06. The highest BCUT2D eigenvalue weighted by molar-refractivity contribution is 6.15. The lowest BCUT2D eigenvalue weighted by Crippen LogP contribution is -2.07. The third-order valence-corrected chi connectivity index (χ3v) is 6.61. The van der Waals surface area contributed by atoms with Crippen LogP contribution in [0.3, 0.4) is 0 Å². The number of hydrogen-bond acceptors (Lipinski definition) is 4. The molecule has 0 N–H and O–H groups in total. The summed E-state index contributed by atoms with van der Waals surface area (Å²) in [4.78, 5) is 37.9. The van der Waals surface area contributed by atoms with Crippen LogP contribution in [0.1, 0.15) is 85.6 Å². The van der Waals surface area contributed by atoms with E-state index in [1.807, 2.05) is 43.3 Å². The van der Waals surface area contributed by atoms with E-state index in [1.165, 1.54) is 0 Å². The molecule has 0 fully saturated rings. The summed E-state index contributed by atoms with van der Waals surface area (Å²) in [6.45, 7) is 6.98. The van der Waals surface area contributed by atoms with E-state index in [1.54, 1.807) is 24.3 Å². The van der Waals surface area contributed by atoms with Gasteiger partial charge in [0.05, 0.1) is 0 Å². The van der Waals surface area contributed by atoms with E-state index in [2.05, 4.69) is 18.4 Å². The van der Waals surface area contributed by atoms with Crippen LogP contribution in [0.15, 0.2) is 60.7 Å². The molecule has 1 aromatic heterocycles. The monoisotopic (exact) mass is 483 g/mol. The number of esters is 1. The van der Waals surface area contributed by atoms with Gasteiger partial charge >= 0.3 is 5.97 Å². The Kier molecular flexibility index (Phi) is 7.99. The fraction of sp³-hybridized carbons (Fsp3) is 0.323. The van der Waals surface area contributed by atoms with Gasteiger partial charge in [-0.05, 0) is 80.4 Å². The molecular formula is C31H33NO4. The van der Waals surface area contributed by atoms with Gasteiger partial charge in [0.15, 0.2) is 11.6 Å². The van der Waals surface area contributed by atoms with Crippen LogP contribution in [-0.4, -0.2) is 22.1 Å². The van der Waals surface area contributed by atoms with Gasteiger partial charge < -0.3 is 9.30 Å². The SMILES string of the molecule is CCCCC(=O)Oc1ccc(C(=O)c2ccc3c(c2)c2cc(C(=O)CCCC)ccc2n3CC)cc1. The van der Waals surface area contributed by atoms with E-state index in [-0.39, 0.29) is 17.5 Å². The topological polar surface area (TPSA) is 65.4 Å². The Balaban J connectivity index is 1.65. The van der Waals surface area contributed by atoms with Crippen molar-refractivity contribution in [1.82, 2.24) is 4.57 Å². The molecule has 0 unspecified atom stereocenters. The fourth-order valence-corrected chi connectivity index (χ4v) is 4.59. The number of carbonyl (C=O) groups is 3. The van der Waals surface area contributed by atoms with Gasteiger partial charge in [0.1, 0.15) is 5.75 Å². The lowest BCUT2D eigenvalue weighted by atomic mass is 9.99. The van der Waals surface area contributed by atoms with Gasteiger partial charge in [-0.15, -0.1) is 0 Å². The number of nitrogens with zero attached hydrogens (tertiary/aromatic N) is 1. The minimum absolute atomic E-state index is 0.103. The zero-order valence-corrected chi connectivity index (χ0v) is 21.3. The van der Waals surface area contributed by atoms with E-state index in [4.69, 9.17) is 4.74 Å². The average Bonchev–Trinajstić information content (AvgIpc) is 3.22. The van der Waals surface area contributed by atoms with Crippen molar-refractivity contribution in [3.05, 3.63) is 77.4 Å². The molecule has 0 aliphatic rings. The summed E-state index contributed by atoms with van der Waals surface area (Å²) in [5, 5.41) is 1.95. The van der Waals surface area contributed by atoms with Crippen molar-refractivity contribution in [3.8, 4) is 5.75 Å². The smallest absolute Gasteiger partial charge is 0.311 e. The second kappa shape index (κ2) is 11.3. The highest BCUT2D eigenvalue weighted by Crippen LogP contribution is 2.32. The van der Waals surface area contributed by atoms with Crippen LogP contribution < -0.4 is 4.74 Å². The Morgan fingerprint density at radius 3 is 1.86 bits per heavy atom. The molecular weight excluding hydrogens is 450 g/mol. The molecule has 0 amide bonds. The first kappa shape index (κ1) is 25.4. The molecule has 0 atom stereocenters. The first-order chi connectivity index (χ1) is 17.5. The largest absolute Gasteiger partial charge is 0.427 e. The molecule has 0 radical (unpaired) electrons. The summed E-state index contributed by atoms with van der Waals surface area (Å²) in [7, 11) is 0. The van der Waals surface area contributed by atoms with Crippen LogP contribution in [0.5, 0.6) is 5.75 Å². The predicted octanol–water partition coefficient (Wildman–Crippen LogP) is 7.51. The molecule has 3 aromatic carbocycles. The summed E-state index contributed by atoms with van der Waals surface area (Å²) in [5.41, 5.74) is 3.91. The maximum Gasteiger partial charge on any atom is 0.311 e. The van der Waals surface area contributed by atoms with Crippen molar-refractivity contribution in [2.75, 3.05) is 0 Å². The van der Waals surface area contributed by atoms with Gasteiger partial charge in [-0.3, -0.25) is 14.4 Å². The van der Waals surface area contributed by atoms with Crippen molar-refractivity contribution in [1.29, 1.82) is 0 Å². The number of rotatable bonds is 11. The van der Waals surface area contributed by atoms with Gasteiger partial charge in [0.2, 0.25) is 0 Å². The molecule has 5 heteroatoms. The number of ketones is 2. The molecule has 186 valence electrons. The maximum absolute atomic E-state index is 13.3. The number of benzene rings is 3. The summed E-state index contributed by atoms with van der Waals surface area (Å²) in [6, 6.07) is 18.3. The van der Waals surface area contributed by atoms with E-state index in [9.17, 15) is 14.4 Å². The zero-order valence-electron chi connectivity index (χ0n) is 21.3. The van der Waals surface area contributed by atoms with Crippen LogP contribution in [-0.2, 0) is 11.3 Å². The normalized spacial score (nSPS) is 11.2. The Bertz CT molecular complexity index is 1410. The predicted molar refractivity (Wildman–Crippen MR) is 144 cm³/mol. The minimum Gasteiger partial charge on any atom is -0.427 e. The van der Waals surface area contributed by atoms with Crippen LogP contribution >= 0.6 is 0 Å². The van der Waals surface area contributed by atoms with Crippen LogP contribution in [0.4, 0.5) is 0 Å². The third kappa shape index (κ3) is 5.25. The van der Waals surface area contributed by atoms with Gasteiger partial charge in [-0.1, -0.05) is 26.7 Å². The average molecular weight is 484 g/mol. The Morgan fingerprint density at radius 2 is 1.25 bits per heavy atom. The van der Waals surface area contributed by atoms with E-state index < -0.39 is 0 Å². The van der Waals surface area contributed by atoms with Gasteiger partial charge in [0, 0.05) is 57.9 Å². The van der Waals surface area contributed by atoms with Gasteiger partial charge in [-0.2, -0.15) is 0 Å². The molecule has 0 saturated carbocycles. The molecule has 4 rings (SSSR count). The van der Waals surface area contributed by atoms with Gasteiger partial charge in [0.25, 0.3) is 0 Å². The van der Waals surface area contributed by atoms with Crippen LogP contribution in [0, 0.1) is 0 Å². The Hall–Kier alpha value is -3.73. The third-order valence-electron chi connectivity index (χ3n) is 6.61.